The van der Waals surface area contributed by atoms with Crippen LogP contribution in [-0.2, 0) is 13.0 Å². The standard InChI is InChI=1S/C16H20FN3/c17-16-3-1-14(2-4-16)11-15-5-7-19(12-15)9-10-20-8-6-18-13-20/h1-4,6,8,13,15H,5,7,9-12H2/t15-/m1/s1. The summed E-state index contributed by atoms with van der Waals surface area (Å²) in [6.45, 7) is 4.40. The molecule has 1 aromatic carbocycles. The lowest BCUT2D eigenvalue weighted by atomic mass is 9.99. The molecule has 3 nitrogen and oxygen atoms in total. The highest BCUT2D eigenvalue weighted by Crippen LogP contribution is 2.20. The summed E-state index contributed by atoms with van der Waals surface area (Å²) in [4.78, 5) is 6.57. The van der Waals surface area contributed by atoms with Gasteiger partial charge in [-0.25, -0.2) is 9.37 Å². The van der Waals surface area contributed by atoms with Crippen LogP contribution in [0.5, 0.6) is 0 Å². The molecule has 0 aliphatic carbocycles. The fraction of sp³-hybridized carbons (Fsp3) is 0.438. The Hall–Kier alpha value is -1.68. The van der Waals surface area contributed by atoms with E-state index < -0.39 is 0 Å². The molecule has 0 radical (unpaired) electrons. The molecule has 0 spiro atoms. The van der Waals surface area contributed by atoms with E-state index in [9.17, 15) is 4.39 Å². The van der Waals surface area contributed by atoms with Gasteiger partial charge in [0.1, 0.15) is 5.82 Å². The van der Waals surface area contributed by atoms with Crippen molar-refractivity contribution in [3.8, 4) is 0 Å². The zero-order valence-electron chi connectivity index (χ0n) is 11.6. The summed E-state index contributed by atoms with van der Waals surface area (Å²) in [7, 11) is 0. The molecule has 0 amide bonds. The number of hydrogen-bond acceptors (Lipinski definition) is 2. The highest BCUT2D eigenvalue weighted by Gasteiger charge is 2.22. The van der Waals surface area contributed by atoms with Gasteiger partial charge in [0.15, 0.2) is 0 Å². The van der Waals surface area contributed by atoms with Crippen LogP contribution in [0, 0.1) is 11.7 Å². The molecule has 1 aliphatic heterocycles. The fourth-order valence-electron chi connectivity index (χ4n) is 2.91. The lowest BCUT2D eigenvalue weighted by Gasteiger charge is -2.16. The smallest absolute Gasteiger partial charge is 0.123 e. The zero-order chi connectivity index (χ0) is 13.8. The molecule has 4 heteroatoms. The van der Waals surface area contributed by atoms with Crippen LogP contribution in [0.15, 0.2) is 43.0 Å². The Morgan fingerprint density at radius 1 is 1.20 bits per heavy atom. The Bertz CT molecular complexity index is 521. The predicted octanol–water partition coefficient (Wildman–Crippen LogP) is 2.59. The molecule has 0 N–H and O–H groups in total. The Morgan fingerprint density at radius 2 is 2.05 bits per heavy atom. The normalized spacial score (nSPS) is 19.6. The summed E-state index contributed by atoms with van der Waals surface area (Å²) in [5.74, 6) is 0.547. The molecule has 2 heterocycles. The number of nitrogens with zero attached hydrogens (tertiary/aromatic N) is 3. The minimum Gasteiger partial charge on any atom is -0.336 e. The maximum absolute atomic E-state index is 12.9. The predicted molar refractivity (Wildman–Crippen MR) is 76.9 cm³/mol. The van der Waals surface area contributed by atoms with E-state index in [1.54, 1.807) is 12.1 Å². The highest BCUT2D eigenvalue weighted by molar-refractivity contribution is 5.16. The highest BCUT2D eigenvalue weighted by atomic mass is 19.1. The van der Waals surface area contributed by atoms with Crippen LogP contribution in [0.3, 0.4) is 0 Å². The number of benzene rings is 1. The first kappa shape index (κ1) is 13.3. The molecule has 1 saturated heterocycles. The first-order chi connectivity index (χ1) is 9.79. The maximum Gasteiger partial charge on any atom is 0.123 e. The number of hydrogen-bond donors (Lipinski definition) is 0. The van der Waals surface area contributed by atoms with E-state index in [4.69, 9.17) is 0 Å². The molecule has 0 unspecified atom stereocenters. The molecule has 1 aliphatic rings. The van der Waals surface area contributed by atoms with Gasteiger partial charge in [-0.15, -0.1) is 0 Å². The average Bonchev–Trinajstić information content (AvgIpc) is 3.10. The number of aromatic nitrogens is 2. The van der Waals surface area contributed by atoms with Crippen molar-refractivity contribution < 1.29 is 4.39 Å². The van der Waals surface area contributed by atoms with Crippen molar-refractivity contribution in [2.45, 2.75) is 19.4 Å². The lowest BCUT2D eigenvalue weighted by Crippen LogP contribution is -2.25. The monoisotopic (exact) mass is 273 g/mol. The van der Waals surface area contributed by atoms with Crippen LogP contribution < -0.4 is 0 Å². The minimum atomic E-state index is -0.151. The Balaban J connectivity index is 1.46. The van der Waals surface area contributed by atoms with Crippen LogP contribution in [0.4, 0.5) is 4.39 Å². The summed E-state index contributed by atoms with van der Waals surface area (Å²) >= 11 is 0. The van der Waals surface area contributed by atoms with Gasteiger partial charge in [0, 0.05) is 32.0 Å². The van der Waals surface area contributed by atoms with Crippen molar-refractivity contribution >= 4 is 0 Å². The van der Waals surface area contributed by atoms with E-state index in [1.807, 2.05) is 30.9 Å². The van der Waals surface area contributed by atoms with Crippen LogP contribution >= 0.6 is 0 Å². The maximum atomic E-state index is 12.9. The van der Waals surface area contributed by atoms with Gasteiger partial charge in [-0.1, -0.05) is 12.1 Å². The van der Waals surface area contributed by atoms with Crippen LogP contribution in [0.2, 0.25) is 0 Å². The quantitative estimate of drug-likeness (QED) is 0.835. The lowest BCUT2D eigenvalue weighted by molar-refractivity contribution is 0.309. The van der Waals surface area contributed by atoms with Gasteiger partial charge in [0.25, 0.3) is 0 Å². The molecule has 1 atom stereocenters. The first-order valence-corrected chi connectivity index (χ1v) is 7.22. The van der Waals surface area contributed by atoms with Crippen LogP contribution in [0.1, 0.15) is 12.0 Å². The fourth-order valence-corrected chi connectivity index (χ4v) is 2.91. The van der Waals surface area contributed by atoms with Gasteiger partial charge < -0.3 is 9.47 Å². The van der Waals surface area contributed by atoms with Gasteiger partial charge in [-0.3, -0.25) is 0 Å². The topological polar surface area (TPSA) is 21.1 Å². The summed E-state index contributed by atoms with van der Waals surface area (Å²) in [6, 6.07) is 6.93. The molecule has 0 saturated carbocycles. The van der Waals surface area contributed by atoms with Gasteiger partial charge >= 0.3 is 0 Å². The first-order valence-electron chi connectivity index (χ1n) is 7.22. The summed E-state index contributed by atoms with van der Waals surface area (Å²) in [6.07, 6.45) is 7.99. The molecule has 1 fully saturated rings. The third kappa shape index (κ3) is 3.45. The molecule has 20 heavy (non-hydrogen) atoms. The van der Waals surface area contributed by atoms with E-state index in [0.29, 0.717) is 5.92 Å². The average molecular weight is 273 g/mol. The second-order valence-corrected chi connectivity index (χ2v) is 5.59. The molecular formula is C16H20FN3. The number of likely N-dealkylation sites (tertiary alicyclic amines) is 1. The summed E-state index contributed by atoms with van der Waals surface area (Å²) < 4.78 is 15.0. The van der Waals surface area contributed by atoms with Crippen molar-refractivity contribution in [2.24, 2.45) is 5.92 Å². The molecule has 0 bridgehead atoms. The van der Waals surface area contributed by atoms with Crippen molar-refractivity contribution in [1.29, 1.82) is 0 Å². The van der Waals surface area contributed by atoms with Gasteiger partial charge in [-0.05, 0) is 43.0 Å². The third-order valence-corrected chi connectivity index (χ3v) is 4.04. The summed E-state index contributed by atoms with van der Waals surface area (Å²) in [5.41, 5.74) is 1.24. The van der Waals surface area contributed by atoms with Crippen molar-refractivity contribution in [3.05, 3.63) is 54.4 Å². The number of rotatable bonds is 5. The molecule has 3 rings (SSSR count). The Morgan fingerprint density at radius 3 is 2.80 bits per heavy atom. The van der Waals surface area contributed by atoms with Gasteiger partial charge in [0.05, 0.1) is 6.33 Å². The second kappa shape index (κ2) is 6.18. The van der Waals surface area contributed by atoms with Crippen LogP contribution in [0.25, 0.3) is 0 Å². The molecule has 1 aromatic heterocycles. The molecular weight excluding hydrogens is 253 g/mol. The van der Waals surface area contributed by atoms with E-state index in [2.05, 4.69) is 14.5 Å². The van der Waals surface area contributed by atoms with Crippen molar-refractivity contribution in [1.82, 2.24) is 14.5 Å². The van der Waals surface area contributed by atoms with Crippen LogP contribution in [-0.4, -0.2) is 34.1 Å². The minimum absolute atomic E-state index is 0.151. The third-order valence-electron chi connectivity index (χ3n) is 4.04. The zero-order valence-corrected chi connectivity index (χ0v) is 11.6. The van der Waals surface area contributed by atoms with E-state index in [0.717, 1.165) is 26.1 Å². The largest absolute Gasteiger partial charge is 0.336 e. The number of imidazole rings is 1. The van der Waals surface area contributed by atoms with Gasteiger partial charge in [0.2, 0.25) is 0 Å². The Labute approximate surface area is 119 Å². The van der Waals surface area contributed by atoms with Crippen molar-refractivity contribution in [2.75, 3.05) is 19.6 Å². The second-order valence-electron chi connectivity index (χ2n) is 5.59. The molecule has 106 valence electrons. The molecule has 2 aromatic rings. The summed E-state index contributed by atoms with van der Waals surface area (Å²) in [5, 5.41) is 0. The van der Waals surface area contributed by atoms with Crippen molar-refractivity contribution in [3.63, 3.8) is 0 Å². The SMILES string of the molecule is Fc1ccc(C[C@H]2CCN(CCn3ccnc3)C2)cc1. The van der Waals surface area contributed by atoms with E-state index in [-0.39, 0.29) is 5.82 Å². The van der Waals surface area contributed by atoms with E-state index in [1.165, 1.54) is 18.5 Å². The Kier molecular flexibility index (Phi) is 4.11. The number of halogens is 1. The van der Waals surface area contributed by atoms with Gasteiger partial charge in [-0.2, -0.15) is 0 Å². The van der Waals surface area contributed by atoms with E-state index >= 15 is 0 Å².